The normalized spacial score (nSPS) is 23.0. The highest BCUT2D eigenvalue weighted by atomic mass is 16.5. The maximum absolute atomic E-state index is 5.61. The summed E-state index contributed by atoms with van der Waals surface area (Å²) in [5.41, 5.74) is 5.59. The number of amidine groups is 2. The molecule has 2 atom stereocenters. The molecular weight excluding hydrogens is 398 g/mol. The van der Waals surface area contributed by atoms with Crippen molar-refractivity contribution in [2.75, 3.05) is 27.7 Å². The number of ether oxygens (including phenoxy) is 1. The number of rotatable bonds is 9. The molecule has 0 fully saturated rings. The summed E-state index contributed by atoms with van der Waals surface area (Å²) in [4.78, 5) is 16.6. The molecule has 0 saturated carbocycles. The monoisotopic (exact) mass is 439 g/mol. The van der Waals surface area contributed by atoms with Gasteiger partial charge in [-0.05, 0) is 76.3 Å². The predicted octanol–water partition coefficient (Wildman–Crippen LogP) is 5.07. The van der Waals surface area contributed by atoms with E-state index < -0.39 is 0 Å². The van der Waals surface area contributed by atoms with E-state index in [0.29, 0.717) is 6.04 Å². The summed E-state index contributed by atoms with van der Waals surface area (Å²) in [5, 5.41) is 3.42. The Kier molecular flexibility index (Phi) is 10.3. The summed E-state index contributed by atoms with van der Waals surface area (Å²) in [6.45, 7) is 15.2. The Bertz CT molecular complexity index is 846. The first-order chi connectivity index (χ1) is 15.4. The van der Waals surface area contributed by atoms with Gasteiger partial charge in [0.1, 0.15) is 17.8 Å². The van der Waals surface area contributed by atoms with Gasteiger partial charge in [0, 0.05) is 44.6 Å². The van der Waals surface area contributed by atoms with Gasteiger partial charge in [-0.1, -0.05) is 20.1 Å². The molecule has 32 heavy (non-hydrogen) atoms. The zero-order chi connectivity index (χ0) is 23.7. The van der Waals surface area contributed by atoms with Crippen LogP contribution < -0.4 is 5.32 Å². The molecule has 1 aliphatic carbocycles. The van der Waals surface area contributed by atoms with Gasteiger partial charge in [-0.25, -0.2) is 9.98 Å². The third-order valence-electron chi connectivity index (χ3n) is 6.08. The van der Waals surface area contributed by atoms with Crippen LogP contribution in [0, 0.1) is 0 Å². The first-order valence-corrected chi connectivity index (χ1v) is 11.7. The van der Waals surface area contributed by atoms with E-state index in [1.165, 1.54) is 11.3 Å². The summed E-state index contributed by atoms with van der Waals surface area (Å²) in [6.07, 6.45) is 9.39. The molecule has 6 heteroatoms. The predicted molar refractivity (Wildman–Crippen MR) is 138 cm³/mol. The Hall–Kier alpha value is -2.31. The van der Waals surface area contributed by atoms with E-state index >= 15 is 0 Å². The van der Waals surface area contributed by atoms with E-state index in [0.717, 1.165) is 73.7 Å². The molecule has 1 aliphatic heterocycles. The lowest BCUT2D eigenvalue weighted by atomic mass is 9.85. The molecule has 176 valence electrons. The third kappa shape index (κ3) is 6.59. The van der Waals surface area contributed by atoms with Crippen molar-refractivity contribution < 1.29 is 4.74 Å². The number of hydrogen-bond acceptors (Lipinski definition) is 4. The Morgan fingerprint density at radius 1 is 1.38 bits per heavy atom. The van der Waals surface area contributed by atoms with E-state index in [2.05, 4.69) is 42.3 Å². The summed E-state index contributed by atoms with van der Waals surface area (Å²) < 4.78 is 5.61. The number of aliphatic imine (C=N–C) groups is 3. The minimum Gasteiger partial charge on any atom is -0.371 e. The smallest absolute Gasteiger partial charge is 0.137 e. The lowest BCUT2D eigenvalue weighted by Crippen LogP contribution is -2.38. The molecule has 0 radical (unpaired) electrons. The molecule has 0 spiro atoms. The molecule has 2 rings (SSSR count). The van der Waals surface area contributed by atoms with Crippen molar-refractivity contribution in [2.45, 2.75) is 71.4 Å². The maximum atomic E-state index is 5.61. The summed E-state index contributed by atoms with van der Waals surface area (Å²) in [5.74, 6) is 1.71. The summed E-state index contributed by atoms with van der Waals surface area (Å²) in [7, 11) is 5.84. The Morgan fingerprint density at radius 2 is 2.12 bits per heavy atom. The average Bonchev–Trinajstić information content (AvgIpc) is 2.78. The van der Waals surface area contributed by atoms with Crippen LogP contribution in [0.5, 0.6) is 0 Å². The van der Waals surface area contributed by atoms with Crippen molar-refractivity contribution in [3.8, 4) is 0 Å². The zero-order valence-electron chi connectivity index (χ0n) is 20.9. The van der Waals surface area contributed by atoms with E-state index in [1.807, 2.05) is 27.0 Å². The van der Waals surface area contributed by atoms with E-state index in [-0.39, 0.29) is 6.10 Å². The number of nitrogens with zero attached hydrogens (tertiary/aromatic N) is 4. The van der Waals surface area contributed by atoms with Crippen molar-refractivity contribution in [2.24, 2.45) is 15.0 Å². The molecule has 0 aromatic carbocycles. The van der Waals surface area contributed by atoms with Crippen molar-refractivity contribution in [1.82, 2.24) is 10.2 Å². The lowest BCUT2D eigenvalue weighted by Gasteiger charge is -2.38. The quantitative estimate of drug-likeness (QED) is 0.310. The van der Waals surface area contributed by atoms with Gasteiger partial charge in [-0.15, -0.1) is 0 Å². The largest absolute Gasteiger partial charge is 0.371 e. The minimum atomic E-state index is -0.232. The summed E-state index contributed by atoms with van der Waals surface area (Å²) in [6, 6.07) is 0.555. The van der Waals surface area contributed by atoms with Crippen LogP contribution in [-0.4, -0.2) is 62.2 Å². The van der Waals surface area contributed by atoms with Crippen LogP contribution in [0.15, 0.2) is 62.8 Å². The van der Waals surface area contributed by atoms with Crippen molar-refractivity contribution in [1.29, 1.82) is 0 Å². The fourth-order valence-electron chi connectivity index (χ4n) is 4.32. The van der Waals surface area contributed by atoms with Crippen molar-refractivity contribution >= 4 is 17.4 Å². The molecule has 0 aromatic heterocycles. The average molecular weight is 440 g/mol. The number of hydrogen-bond donors (Lipinski definition) is 1. The topological polar surface area (TPSA) is 61.6 Å². The van der Waals surface area contributed by atoms with Crippen LogP contribution >= 0.6 is 0 Å². The van der Waals surface area contributed by atoms with Gasteiger partial charge < -0.3 is 15.0 Å². The Morgan fingerprint density at radius 3 is 2.72 bits per heavy atom. The van der Waals surface area contributed by atoms with Crippen molar-refractivity contribution in [3.63, 3.8) is 0 Å². The fraction of sp³-hybridized carbons (Fsp3) is 0.577. The number of likely N-dealkylation sites (N-methyl/N-ethyl adjacent to an activating group) is 1. The van der Waals surface area contributed by atoms with Gasteiger partial charge in [0.25, 0.3) is 0 Å². The van der Waals surface area contributed by atoms with Crippen LogP contribution in [0.2, 0.25) is 0 Å². The van der Waals surface area contributed by atoms with Crippen LogP contribution in [0.4, 0.5) is 0 Å². The van der Waals surface area contributed by atoms with Gasteiger partial charge in [-0.2, -0.15) is 0 Å². The van der Waals surface area contributed by atoms with Gasteiger partial charge in [0.15, 0.2) is 0 Å². The standard InChI is InChI=1S/C26H41N5O/c1-9-12-25(29-21(10-2)17-24(32-8)19(5)28-11-3)30-26-18(4)15-20-16-22(27-6)13-14-23(20)31(26)7/h10,17,22,24,27H,2,4,9,11-16H2,1,3,5-8H3/b21-17+,28-19?,29-25?,30-26?. The molecule has 0 bridgehead atoms. The van der Waals surface area contributed by atoms with Gasteiger partial charge in [0.2, 0.25) is 0 Å². The van der Waals surface area contributed by atoms with Crippen LogP contribution in [-0.2, 0) is 4.74 Å². The second-order valence-electron chi connectivity index (χ2n) is 8.40. The SMILES string of the molecule is C=C/C(=C\C(OC)C(C)=NCC)N=C(CCC)N=C1C(=C)CC2=C(CCC(NC)C2)N1C. The first-order valence-electron chi connectivity index (χ1n) is 11.7. The van der Waals surface area contributed by atoms with Gasteiger partial charge in [-0.3, -0.25) is 4.99 Å². The fourth-order valence-corrected chi connectivity index (χ4v) is 4.32. The van der Waals surface area contributed by atoms with Crippen LogP contribution in [0.25, 0.3) is 0 Å². The van der Waals surface area contributed by atoms with Gasteiger partial charge in [0.05, 0.1) is 5.70 Å². The number of allylic oxidation sites excluding steroid dienone is 2. The Balaban J connectivity index is 2.38. The highest BCUT2D eigenvalue weighted by Crippen LogP contribution is 2.36. The third-order valence-corrected chi connectivity index (χ3v) is 6.08. The Labute approximate surface area is 194 Å². The maximum Gasteiger partial charge on any atom is 0.137 e. The molecule has 0 saturated heterocycles. The van der Waals surface area contributed by atoms with Crippen LogP contribution in [0.1, 0.15) is 59.3 Å². The van der Waals surface area contributed by atoms with Crippen molar-refractivity contribution in [3.05, 3.63) is 47.9 Å². The lowest BCUT2D eigenvalue weighted by molar-refractivity contribution is 0.190. The molecule has 0 aromatic rings. The molecule has 0 amide bonds. The highest BCUT2D eigenvalue weighted by molar-refractivity contribution is 6.07. The molecule has 2 aliphatic rings. The molecule has 6 nitrogen and oxygen atoms in total. The van der Waals surface area contributed by atoms with E-state index in [9.17, 15) is 0 Å². The van der Waals surface area contributed by atoms with E-state index in [4.69, 9.17) is 14.7 Å². The van der Waals surface area contributed by atoms with Gasteiger partial charge >= 0.3 is 0 Å². The highest BCUT2D eigenvalue weighted by Gasteiger charge is 2.30. The molecule has 2 unspecified atom stereocenters. The minimum absolute atomic E-state index is 0.232. The van der Waals surface area contributed by atoms with E-state index in [1.54, 1.807) is 13.2 Å². The molecular formula is C26H41N5O. The molecule has 1 N–H and O–H groups in total. The number of nitrogens with one attached hydrogen (secondary N) is 1. The molecule has 1 heterocycles. The van der Waals surface area contributed by atoms with Crippen LogP contribution in [0.3, 0.4) is 0 Å². The first kappa shape index (κ1) is 25.9. The second kappa shape index (κ2) is 12.7. The summed E-state index contributed by atoms with van der Waals surface area (Å²) >= 11 is 0. The zero-order valence-corrected chi connectivity index (χ0v) is 20.9. The number of methoxy groups -OCH3 is 1. The second-order valence-corrected chi connectivity index (χ2v) is 8.40.